The number of rotatable bonds is 4. The fourth-order valence-corrected chi connectivity index (χ4v) is 5.56. The lowest BCUT2D eigenvalue weighted by Crippen LogP contribution is -1.97. The molecule has 0 radical (unpaired) electrons. The Morgan fingerprint density at radius 3 is 1.59 bits per heavy atom. The Labute approximate surface area is 252 Å². The zero-order valence-electron chi connectivity index (χ0n) is 30.7. The highest BCUT2D eigenvalue weighted by molar-refractivity contribution is 6.05. The van der Waals surface area contributed by atoms with Crippen molar-refractivity contribution in [1.82, 2.24) is 0 Å². The molecule has 1 aliphatic heterocycles. The Balaban J connectivity index is 1.42. The molecule has 0 saturated heterocycles. The van der Waals surface area contributed by atoms with Gasteiger partial charge in [-0.1, -0.05) is 139 Å². The highest BCUT2D eigenvalue weighted by atomic mass is 16.5. The van der Waals surface area contributed by atoms with Crippen LogP contribution in [0.2, 0.25) is 0 Å². The van der Waals surface area contributed by atoms with Gasteiger partial charge in [0, 0.05) is 10.9 Å². The van der Waals surface area contributed by atoms with Crippen molar-refractivity contribution in [1.29, 1.82) is 0 Å². The van der Waals surface area contributed by atoms with Crippen LogP contribution in [0.5, 0.6) is 11.5 Å². The summed E-state index contributed by atoms with van der Waals surface area (Å²) in [5.74, 6) is -0.458. The molecule has 192 valence electrons. The largest absolute Gasteiger partial charge is 0.456 e. The van der Waals surface area contributed by atoms with Crippen LogP contribution in [-0.2, 0) is 0 Å². The van der Waals surface area contributed by atoms with E-state index in [1.807, 2.05) is 66.7 Å². The lowest BCUT2D eigenvalue weighted by atomic mass is 9.86. The molecule has 41 heavy (non-hydrogen) atoms. The van der Waals surface area contributed by atoms with E-state index in [2.05, 4.69) is 24.3 Å². The van der Waals surface area contributed by atoms with Crippen LogP contribution >= 0.6 is 0 Å². The smallest absolute Gasteiger partial charge is 0.135 e. The van der Waals surface area contributed by atoms with Crippen molar-refractivity contribution in [3.63, 3.8) is 0 Å². The summed E-state index contributed by atoms with van der Waals surface area (Å²) >= 11 is 0. The third kappa shape index (κ3) is 3.94. The van der Waals surface area contributed by atoms with Gasteiger partial charge in [0.2, 0.25) is 0 Å². The summed E-state index contributed by atoms with van der Waals surface area (Å²) < 4.78 is 85.5. The van der Waals surface area contributed by atoms with Crippen molar-refractivity contribution >= 4 is 10.8 Å². The van der Waals surface area contributed by atoms with Crippen molar-refractivity contribution in [2.75, 3.05) is 0 Å². The van der Waals surface area contributed by atoms with Crippen LogP contribution in [0.1, 0.15) is 12.3 Å². The van der Waals surface area contributed by atoms with Crippen molar-refractivity contribution in [3.8, 4) is 67.1 Å². The van der Waals surface area contributed by atoms with Crippen LogP contribution in [0.3, 0.4) is 0 Å². The Morgan fingerprint density at radius 2 is 0.927 bits per heavy atom. The molecule has 0 bridgehead atoms. The van der Waals surface area contributed by atoms with Gasteiger partial charge in [-0.3, -0.25) is 0 Å². The molecule has 7 aromatic carbocycles. The normalized spacial score (nSPS) is 14.7. The van der Waals surface area contributed by atoms with Gasteiger partial charge in [0.25, 0.3) is 0 Å². The minimum Gasteiger partial charge on any atom is -0.456 e. The average molecular weight is 532 g/mol. The number of hydrogen-bond donors (Lipinski definition) is 0. The second-order valence-electron chi connectivity index (χ2n) is 9.76. The van der Waals surface area contributed by atoms with Gasteiger partial charge in [-0.25, -0.2) is 0 Å². The van der Waals surface area contributed by atoms with Gasteiger partial charge in [0.05, 0.1) is 12.3 Å². The van der Waals surface area contributed by atoms with E-state index in [0.717, 1.165) is 27.8 Å². The van der Waals surface area contributed by atoms with Crippen LogP contribution in [0.25, 0.3) is 66.4 Å². The molecule has 0 saturated carbocycles. The number of ether oxygens (including phenoxy) is 1. The molecule has 0 amide bonds. The van der Waals surface area contributed by atoms with E-state index < -0.39 is 36.3 Å². The van der Waals surface area contributed by atoms with E-state index in [9.17, 15) is 2.74 Å². The van der Waals surface area contributed by atoms with E-state index in [1.54, 1.807) is 12.1 Å². The van der Waals surface area contributed by atoms with Crippen molar-refractivity contribution in [2.45, 2.75) is 0 Å². The van der Waals surface area contributed by atoms with Gasteiger partial charge >= 0.3 is 0 Å². The quantitative estimate of drug-likeness (QED) is 0.219. The Morgan fingerprint density at radius 1 is 0.390 bits per heavy atom. The molecule has 0 spiro atoms. The van der Waals surface area contributed by atoms with Gasteiger partial charge in [-0.15, -0.1) is 0 Å². The topological polar surface area (TPSA) is 9.23 Å². The summed E-state index contributed by atoms with van der Waals surface area (Å²) in [6.07, 6.45) is 0. The minimum absolute atomic E-state index is 0.0160. The van der Waals surface area contributed by atoms with Crippen molar-refractivity contribution in [2.24, 2.45) is 0 Å². The lowest BCUT2D eigenvalue weighted by Gasteiger charge is -2.22. The first-order chi connectivity index (χ1) is 24.1. The predicted octanol–water partition coefficient (Wildman–Crippen LogP) is 11.3. The average Bonchev–Trinajstić information content (AvgIpc) is 3.15. The van der Waals surface area contributed by atoms with E-state index in [1.165, 1.54) is 0 Å². The van der Waals surface area contributed by atoms with Crippen LogP contribution in [0, 0.1) is 0 Å². The van der Waals surface area contributed by atoms with Gasteiger partial charge in [-0.05, 0) is 73.6 Å². The second kappa shape index (κ2) is 9.66. The van der Waals surface area contributed by atoms with Crippen LogP contribution < -0.4 is 4.74 Å². The Bertz CT molecular complexity index is 2560. The monoisotopic (exact) mass is 531 g/mol. The standard InChI is InChI=1S/C40H26O/c1-2-12-27(13-3-1)30-16-4-6-18-32(30)34-20-8-9-21-35(34)33-19-7-5-17-31(33)29-24-25-38-37(26-29)36-22-10-14-28-15-11-23-39(41-38)40(28)36/h1-26H/i10D,11D,14D,15D,22D,23D,24D,25D,26D. The summed E-state index contributed by atoms with van der Waals surface area (Å²) in [6.45, 7) is 0. The van der Waals surface area contributed by atoms with Crippen LogP contribution in [-0.4, -0.2) is 0 Å². The molecular formula is C40H26O. The SMILES string of the molecule is [2H]c1c([2H])c(-c2ccccc2-c2ccccc2-c2ccccc2-c2ccccc2)c([2H])c2c1Oc1c([2H])c([2H])c([2H])c3c([2H])c([2H])c([2H])c-2c13. The summed E-state index contributed by atoms with van der Waals surface area (Å²) in [6, 6.07) is 29.7. The molecule has 0 aromatic heterocycles. The predicted molar refractivity (Wildman–Crippen MR) is 171 cm³/mol. The van der Waals surface area contributed by atoms with E-state index in [4.69, 9.17) is 14.3 Å². The summed E-state index contributed by atoms with van der Waals surface area (Å²) in [4.78, 5) is 0. The fourth-order valence-electron chi connectivity index (χ4n) is 5.56. The Kier molecular flexibility index (Phi) is 3.77. The van der Waals surface area contributed by atoms with Gasteiger partial charge in [0.1, 0.15) is 11.5 Å². The maximum atomic E-state index is 9.59. The second-order valence-corrected chi connectivity index (χ2v) is 9.76. The first-order valence-corrected chi connectivity index (χ1v) is 13.3. The van der Waals surface area contributed by atoms with E-state index in [-0.39, 0.29) is 57.1 Å². The lowest BCUT2D eigenvalue weighted by molar-refractivity contribution is 0.487. The number of fused-ring (bicyclic) bond motifs is 2. The molecule has 0 fully saturated rings. The van der Waals surface area contributed by atoms with Gasteiger partial charge < -0.3 is 4.74 Å². The third-order valence-electron chi connectivity index (χ3n) is 7.41. The zero-order chi connectivity index (χ0) is 35.0. The highest BCUT2D eigenvalue weighted by Crippen LogP contribution is 2.48. The van der Waals surface area contributed by atoms with Crippen molar-refractivity contribution < 1.29 is 17.1 Å². The summed E-state index contributed by atoms with van der Waals surface area (Å²) in [7, 11) is 0. The van der Waals surface area contributed by atoms with E-state index >= 15 is 0 Å². The Hall–Kier alpha value is -5.40. The number of hydrogen-bond acceptors (Lipinski definition) is 1. The molecule has 0 unspecified atom stereocenters. The van der Waals surface area contributed by atoms with Crippen LogP contribution in [0.4, 0.5) is 0 Å². The summed E-state index contributed by atoms with van der Waals surface area (Å²) in [5.41, 5.74) is 6.13. The third-order valence-corrected chi connectivity index (χ3v) is 7.41. The fraction of sp³-hybridized carbons (Fsp3) is 0. The van der Waals surface area contributed by atoms with Crippen LogP contribution in [0.15, 0.2) is 158 Å². The molecule has 1 heteroatoms. The molecule has 1 heterocycles. The summed E-state index contributed by atoms with van der Waals surface area (Å²) in [5, 5.41) is -0.112. The highest BCUT2D eigenvalue weighted by Gasteiger charge is 2.21. The molecular weight excluding hydrogens is 496 g/mol. The first-order valence-electron chi connectivity index (χ1n) is 17.8. The maximum absolute atomic E-state index is 9.59. The van der Waals surface area contributed by atoms with E-state index in [0.29, 0.717) is 11.1 Å². The number of benzene rings is 7. The van der Waals surface area contributed by atoms with Crippen molar-refractivity contribution in [3.05, 3.63) is 158 Å². The molecule has 8 rings (SSSR count). The molecule has 0 atom stereocenters. The first kappa shape index (κ1) is 16.0. The molecule has 1 aliphatic rings. The van der Waals surface area contributed by atoms with Gasteiger partial charge in [0.15, 0.2) is 0 Å². The zero-order valence-corrected chi connectivity index (χ0v) is 21.7. The molecule has 0 N–H and O–H groups in total. The molecule has 1 nitrogen and oxygen atoms in total. The maximum Gasteiger partial charge on any atom is 0.135 e. The molecule has 7 aromatic rings. The molecule has 0 aliphatic carbocycles. The minimum atomic E-state index is -0.519. The van der Waals surface area contributed by atoms with Gasteiger partial charge in [-0.2, -0.15) is 0 Å².